The number of fused-ring (bicyclic) bond motifs is 3. The van der Waals surface area contributed by atoms with E-state index in [0.717, 1.165) is 50.7 Å². The first-order valence-corrected chi connectivity index (χ1v) is 25.6. The van der Waals surface area contributed by atoms with Gasteiger partial charge in [-0.25, -0.2) is 4.98 Å². The van der Waals surface area contributed by atoms with E-state index < -0.39 is 0 Å². The van der Waals surface area contributed by atoms with Crippen LogP contribution in [0.1, 0.15) is 156 Å². The molecule has 3 heterocycles. The van der Waals surface area contributed by atoms with Crippen LogP contribution < -0.4 is 9.30 Å². The molecule has 5 heteroatoms. The van der Waals surface area contributed by atoms with E-state index in [9.17, 15) is 0 Å². The van der Waals surface area contributed by atoms with Gasteiger partial charge in [0.15, 0.2) is 0 Å². The number of imidazole rings is 1. The number of hydrogen-bond donors (Lipinski definition) is 0. The maximum atomic E-state index is 7.19. The molecule has 0 radical (unpaired) electrons. The van der Waals surface area contributed by atoms with Crippen LogP contribution in [0.15, 0.2) is 152 Å². The minimum absolute atomic E-state index is 0.0462. The maximum absolute atomic E-state index is 7.19. The Morgan fingerprint density at radius 3 is 1.80 bits per heavy atom. The number of pyridine rings is 1. The summed E-state index contributed by atoms with van der Waals surface area (Å²) in [6.45, 7) is 37.0. The summed E-state index contributed by atoms with van der Waals surface area (Å²) in [5.74, 6) is 2.68. The quantitative estimate of drug-likeness (QED) is 0.107. The van der Waals surface area contributed by atoms with Gasteiger partial charge in [-0.1, -0.05) is 190 Å². The molecular formula is C66H74N4O. The van der Waals surface area contributed by atoms with Crippen LogP contribution in [0.25, 0.3) is 50.1 Å². The Balaban J connectivity index is 1.26. The van der Waals surface area contributed by atoms with Gasteiger partial charge in [-0.05, 0) is 127 Å². The van der Waals surface area contributed by atoms with Gasteiger partial charge in [-0.3, -0.25) is 13.7 Å². The maximum Gasteiger partial charge on any atom is 0.269 e. The molecule has 9 rings (SSSR count). The third-order valence-corrected chi connectivity index (χ3v) is 14.3. The van der Waals surface area contributed by atoms with Gasteiger partial charge in [0.1, 0.15) is 17.3 Å². The SMILES string of the molecule is CC(C)c1ccccc1-c1cc(Oc2ccc3c4ccccc4n(-c4cc(C(C)(C)c5ccccc5)ccn4)c3c2)cc(-n2[c-][n+](-c3cc(C(C)(C)C)cc(C(C)(C)C)c3)c(C(C)(C)C)c2C(C)(C)C)c1. The van der Waals surface area contributed by atoms with E-state index in [1.165, 1.54) is 50.2 Å². The van der Waals surface area contributed by atoms with E-state index in [0.29, 0.717) is 5.92 Å². The van der Waals surface area contributed by atoms with Gasteiger partial charge >= 0.3 is 0 Å². The van der Waals surface area contributed by atoms with Gasteiger partial charge in [-0.15, -0.1) is 0 Å². The highest BCUT2D eigenvalue weighted by atomic mass is 16.5. The third-order valence-electron chi connectivity index (χ3n) is 14.3. The average Bonchev–Trinajstić information content (AvgIpc) is 3.89. The zero-order chi connectivity index (χ0) is 51.0. The number of hydrogen-bond acceptors (Lipinski definition) is 2. The first-order valence-electron chi connectivity index (χ1n) is 25.6. The molecule has 3 aromatic heterocycles. The molecule has 0 amide bonds. The topological polar surface area (TPSA) is 35.9 Å². The Bertz CT molecular complexity index is 3390. The number of benzene rings is 6. The van der Waals surface area contributed by atoms with Crippen molar-refractivity contribution < 1.29 is 9.30 Å². The minimum Gasteiger partial charge on any atom is -0.458 e. The molecule has 6 aromatic carbocycles. The summed E-state index contributed by atoms with van der Waals surface area (Å²) < 4.78 is 14.2. The summed E-state index contributed by atoms with van der Waals surface area (Å²) in [5.41, 5.74) is 14.5. The summed E-state index contributed by atoms with van der Waals surface area (Å²) in [6.07, 6.45) is 5.96. The van der Waals surface area contributed by atoms with E-state index in [1.807, 2.05) is 6.20 Å². The second-order valence-corrected chi connectivity index (χ2v) is 24.7. The molecule has 0 bridgehead atoms. The van der Waals surface area contributed by atoms with Crippen LogP contribution in [-0.2, 0) is 27.1 Å². The summed E-state index contributed by atoms with van der Waals surface area (Å²) in [7, 11) is 0. The highest BCUT2D eigenvalue weighted by Crippen LogP contribution is 2.42. The lowest BCUT2D eigenvalue weighted by molar-refractivity contribution is -0.611. The molecular weight excluding hydrogens is 865 g/mol. The zero-order valence-corrected chi connectivity index (χ0v) is 45.2. The monoisotopic (exact) mass is 939 g/mol. The first-order chi connectivity index (χ1) is 33.3. The van der Waals surface area contributed by atoms with Crippen LogP contribution in [0.2, 0.25) is 0 Å². The highest BCUT2D eigenvalue weighted by molar-refractivity contribution is 6.09. The molecule has 0 saturated carbocycles. The van der Waals surface area contributed by atoms with Crippen LogP contribution >= 0.6 is 0 Å². The summed E-state index contributed by atoms with van der Waals surface area (Å²) >= 11 is 0. The lowest BCUT2D eigenvalue weighted by atomic mass is 9.78. The third kappa shape index (κ3) is 9.49. The van der Waals surface area contributed by atoms with E-state index in [2.05, 4.69) is 276 Å². The fourth-order valence-electron chi connectivity index (χ4n) is 10.3. The van der Waals surface area contributed by atoms with Crippen LogP contribution in [0.3, 0.4) is 0 Å². The number of rotatable bonds is 9. The molecule has 5 nitrogen and oxygen atoms in total. The molecule has 9 aromatic rings. The van der Waals surface area contributed by atoms with Crippen molar-refractivity contribution in [2.45, 2.75) is 144 Å². The van der Waals surface area contributed by atoms with Crippen LogP contribution in [-0.4, -0.2) is 14.1 Å². The molecule has 0 fully saturated rings. The van der Waals surface area contributed by atoms with Crippen LogP contribution in [0.4, 0.5) is 0 Å². The normalized spacial score (nSPS) is 12.9. The van der Waals surface area contributed by atoms with Crippen LogP contribution in [0, 0.1) is 6.33 Å². The minimum atomic E-state index is -0.258. The van der Waals surface area contributed by atoms with Gasteiger partial charge < -0.3 is 4.74 Å². The van der Waals surface area contributed by atoms with Gasteiger partial charge in [-0.2, -0.15) is 0 Å². The standard InChI is InChI=1S/C66H74N4O/c1-43(2)53-26-20-21-27-54(53)44-34-49(68-42-69(61(65(12,13)14)60(68)64(9,10)11)50-37-47(62(3,4)5)36-48(38-50)63(6,7)8)40-52(35-44)71-51-30-31-56-55-28-22-23-29-57(55)70(58(56)41-51)59-39-46(32-33-67-59)66(15,16)45-24-18-17-19-25-45/h17-41,43H,1-16H3. The Labute approximate surface area is 424 Å². The Hall–Kier alpha value is -6.72. The molecule has 0 aliphatic carbocycles. The van der Waals surface area contributed by atoms with Gasteiger partial charge in [0.25, 0.3) is 6.33 Å². The van der Waals surface area contributed by atoms with Crippen molar-refractivity contribution in [3.05, 3.63) is 197 Å². The molecule has 0 aliphatic heterocycles. The van der Waals surface area contributed by atoms with Crippen molar-refractivity contribution >= 4 is 21.8 Å². The van der Waals surface area contributed by atoms with Gasteiger partial charge in [0.2, 0.25) is 0 Å². The second kappa shape index (κ2) is 17.8. The molecule has 0 spiro atoms. The smallest absolute Gasteiger partial charge is 0.269 e. The molecule has 0 saturated heterocycles. The largest absolute Gasteiger partial charge is 0.458 e. The number of ether oxygens (including phenoxy) is 1. The molecule has 364 valence electrons. The highest BCUT2D eigenvalue weighted by Gasteiger charge is 2.35. The molecule has 0 atom stereocenters. The van der Waals surface area contributed by atoms with Crippen molar-refractivity contribution in [1.82, 2.24) is 14.1 Å². The van der Waals surface area contributed by atoms with Crippen LogP contribution in [0.5, 0.6) is 11.5 Å². The number of nitrogens with zero attached hydrogens (tertiary/aromatic N) is 4. The lowest BCUT2D eigenvalue weighted by Gasteiger charge is -2.31. The first kappa shape index (κ1) is 49.3. The van der Waals surface area contributed by atoms with Crippen molar-refractivity contribution in [3.8, 4) is 39.8 Å². The Morgan fingerprint density at radius 1 is 0.521 bits per heavy atom. The average molecular weight is 939 g/mol. The zero-order valence-electron chi connectivity index (χ0n) is 45.2. The van der Waals surface area contributed by atoms with Gasteiger partial charge in [0.05, 0.1) is 33.8 Å². The summed E-state index contributed by atoms with van der Waals surface area (Å²) in [5, 5.41) is 2.31. The predicted octanol–water partition coefficient (Wildman–Crippen LogP) is 17.1. The Morgan fingerprint density at radius 2 is 1.15 bits per heavy atom. The van der Waals surface area contributed by atoms with Crippen molar-refractivity contribution in [3.63, 3.8) is 0 Å². The second-order valence-electron chi connectivity index (χ2n) is 24.7. The number of aromatic nitrogens is 4. The fraction of sp³-hybridized carbons (Fsp3) is 0.333. The van der Waals surface area contributed by atoms with Crippen molar-refractivity contribution in [2.24, 2.45) is 0 Å². The lowest BCUT2D eigenvalue weighted by Crippen LogP contribution is -2.41. The Kier molecular flexibility index (Phi) is 12.4. The molecule has 71 heavy (non-hydrogen) atoms. The van der Waals surface area contributed by atoms with E-state index in [1.54, 1.807) is 0 Å². The van der Waals surface area contributed by atoms with E-state index in [-0.39, 0.29) is 27.1 Å². The van der Waals surface area contributed by atoms with E-state index >= 15 is 0 Å². The summed E-state index contributed by atoms with van der Waals surface area (Å²) in [4.78, 5) is 5.04. The molecule has 0 N–H and O–H groups in total. The number of para-hydroxylation sites is 1. The van der Waals surface area contributed by atoms with Crippen molar-refractivity contribution in [2.75, 3.05) is 0 Å². The predicted molar refractivity (Wildman–Crippen MR) is 298 cm³/mol. The summed E-state index contributed by atoms with van der Waals surface area (Å²) in [6, 6.07) is 52.9. The fourth-order valence-corrected chi connectivity index (χ4v) is 10.3. The molecule has 0 unspecified atom stereocenters. The molecule has 0 aliphatic rings. The van der Waals surface area contributed by atoms with E-state index in [4.69, 9.17) is 9.72 Å². The van der Waals surface area contributed by atoms with Gasteiger partial charge in [0, 0.05) is 28.5 Å². The van der Waals surface area contributed by atoms with Crippen molar-refractivity contribution in [1.29, 1.82) is 0 Å².